The number of carbonyl (C=O) groups is 3. The lowest BCUT2D eigenvalue weighted by Crippen LogP contribution is -2.48. The lowest BCUT2D eigenvalue weighted by Gasteiger charge is -2.34. The van der Waals surface area contributed by atoms with Crippen LogP contribution >= 0.6 is 0 Å². The molecule has 3 amide bonds. The van der Waals surface area contributed by atoms with E-state index in [9.17, 15) is 19.2 Å². The molecule has 0 saturated carbocycles. The summed E-state index contributed by atoms with van der Waals surface area (Å²) in [6, 6.07) is 2.46. The molecule has 1 aromatic rings. The fraction of sp³-hybridized carbons (Fsp3) is 0.500. The lowest BCUT2D eigenvalue weighted by molar-refractivity contribution is -0.127. The van der Waals surface area contributed by atoms with Gasteiger partial charge in [-0.3, -0.25) is 14.4 Å². The zero-order chi connectivity index (χ0) is 16.6. The molecule has 9 nitrogen and oxygen atoms in total. The summed E-state index contributed by atoms with van der Waals surface area (Å²) in [6.07, 6.45) is 0.385. The highest BCUT2D eigenvalue weighted by Gasteiger charge is 2.39. The number of aromatic nitrogens is 2. The fourth-order valence-electron chi connectivity index (χ4n) is 2.82. The van der Waals surface area contributed by atoms with Crippen molar-refractivity contribution in [2.45, 2.75) is 18.9 Å². The monoisotopic (exact) mass is 320 g/mol. The molecule has 0 aromatic carbocycles. The van der Waals surface area contributed by atoms with Crippen molar-refractivity contribution in [1.29, 1.82) is 0 Å². The number of aryl methyl sites for hydroxylation is 1. The molecule has 0 radical (unpaired) electrons. The van der Waals surface area contributed by atoms with E-state index in [4.69, 9.17) is 4.74 Å². The smallest absolute Gasteiger partial charge is 0.417 e. The third-order valence-corrected chi connectivity index (χ3v) is 4.08. The first kappa shape index (κ1) is 15.2. The molecule has 23 heavy (non-hydrogen) atoms. The van der Waals surface area contributed by atoms with Gasteiger partial charge in [0.05, 0.1) is 0 Å². The Morgan fingerprint density at radius 1 is 1.22 bits per heavy atom. The maximum atomic E-state index is 12.4. The van der Waals surface area contributed by atoms with Crippen LogP contribution in [0.15, 0.2) is 16.9 Å². The van der Waals surface area contributed by atoms with E-state index in [0.717, 1.165) is 9.58 Å². The second kappa shape index (κ2) is 5.82. The van der Waals surface area contributed by atoms with Crippen LogP contribution in [0.1, 0.15) is 23.3 Å². The van der Waals surface area contributed by atoms with Gasteiger partial charge in [-0.15, -0.1) is 0 Å². The zero-order valence-electron chi connectivity index (χ0n) is 12.6. The molecule has 2 saturated heterocycles. The van der Waals surface area contributed by atoms with Crippen molar-refractivity contribution in [3.63, 3.8) is 0 Å². The Morgan fingerprint density at radius 2 is 1.91 bits per heavy atom. The maximum absolute atomic E-state index is 12.4. The summed E-state index contributed by atoms with van der Waals surface area (Å²) in [4.78, 5) is 49.7. The molecule has 0 unspecified atom stereocenters. The molecule has 9 heteroatoms. The molecule has 0 N–H and O–H groups in total. The zero-order valence-corrected chi connectivity index (χ0v) is 12.6. The highest BCUT2D eigenvalue weighted by Crippen LogP contribution is 2.21. The highest BCUT2D eigenvalue weighted by molar-refractivity contribution is 5.98. The molecule has 0 spiro atoms. The number of carbonyl (C=O) groups excluding carboxylic acids is 3. The quantitative estimate of drug-likeness (QED) is 0.718. The van der Waals surface area contributed by atoms with Crippen molar-refractivity contribution < 1.29 is 19.1 Å². The third-order valence-electron chi connectivity index (χ3n) is 4.08. The summed E-state index contributed by atoms with van der Waals surface area (Å²) in [5, 5.41) is 3.94. The van der Waals surface area contributed by atoms with Crippen molar-refractivity contribution in [2.24, 2.45) is 7.05 Å². The molecule has 2 fully saturated rings. The van der Waals surface area contributed by atoms with Crippen LogP contribution in [0.4, 0.5) is 4.79 Å². The average molecular weight is 320 g/mol. The third kappa shape index (κ3) is 2.81. The molecule has 3 heterocycles. The first-order valence-corrected chi connectivity index (χ1v) is 7.30. The van der Waals surface area contributed by atoms with Gasteiger partial charge in [-0.1, -0.05) is 0 Å². The first-order chi connectivity index (χ1) is 11.0. The van der Waals surface area contributed by atoms with E-state index in [-0.39, 0.29) is 35.7 Å². The Balaban J connectivity index is 1.65. The van der Waals surface area contributed by atoms with Gasteiger partial charge in [-0.05, 0) is 18.9 Å². The van der Waals surface area contributed by atoms with E-state index in [2.05, 4.69) is 5.10 Å². The molecule has 0 aliphatic carbocycles. The van der Waals surface area contributed by atoms with Crippen molar-refractivity contribution in [1.82, 2.24) is 19.6 Å². The molecular formula is C14H16N4O5. The largest absolute Gasteiger partial charge is 0.439 e. The van der Waals surface area contributed by atoms with Gasteiger partial charge in [-0.2, -0.15) is 5.10 Å². The Kier molecular flexibility index (Phi) is 3.85. The SMILES string of the molecule is Cn1nc(C(=O)N2CCC(N3C(=O)COC3=O)CC2)ccc1=O. The summed E-state index contributed by atoms with van der Waals surface area (Å²) in [5.41, 5.74) is -0.0893. The van der Waals surface area contributed by atoms with Crippen molar-refractivity contribution >= 4 is 17.9 Å². The molecule has 0 atom stereocenters. The number of hydrogen-bond acceptors (Lipinski definition) is 6. The topological polar surface area (TPSA) is 102 Å². The lowest BCUT2D eigenvalue weighted by atomic mass is 10.0. The van der Waals surface area contributed by atoms with Crippen molar-refractivity contribution in [2.75, 3.05) is 19.7 Å². The van der Waals surface area contributed by atoms with Gasteiger partial charge in [0.2, 0.25) is 0 Å². The standard InChI is InChI=1S/C14H16N4O5/c1-16-11(19)3-2-10(15-16)13(21)17-6-4-9(5-7-17)18-12(20)8-23-14(18)22/h2-3,9H,4-8H2,1H3. The van der Waals surface area contributed by atoms with E-state index in [1.54, 1.807) is 4.90 Å². The summed E-state index contributed by atoms with van der Waals surface area (Å²) >= 11 is 0. The van der Waals surface area contributed by atoms with Gasteiger partial charge < -0.3 is 9.64 Å². The minimum Gasteiger partial charge on any atom is -0.439 e. The molecule has 3 rings (SSSR count). The predicted octanol–water partition coefficient (Wildman–Crippen LogP) is -0.636. The van der Waals surface area contributed by atoms with Crippen LogP contribution in [-0.2, 0) is 16.6 Å². The second-order valence-corrected chi connectivity index (χ2v) is 5.52. The normalized spacial score (nSPS) is 19.2. The van der Waals surface area contributed by atoms with Crippen LogP contribution < -0.4 is 5.56 Å². The van der Waals surface area contributed by atoms with Gasteiger partial charge in [-0.25, -0.2) is 14.4 Å². The Labute approximate surface area is 131 Å². The molecule has 2 aliphatic heterocycles. The number of piperidine rings is 1. The van der Waals surface area contributed by atoms with Gasteiger partial charge in [0.15, 0.2) is 6.61 Å². The Morgan fingerprint density at radius 3 is 2.48 bits per heavy atom. The highest BCUT2D eigenvalue weighted by atomic mass is 16.6. The molecule has 122 valence electrons. The molecule has 1 aromatic heterocycles. The van der Waals surface area contributed by atoms with Gasteiger partial charge in [0, 0.05) is 32.2 Å². The summed E-state index contributed by atoms with van der Waals surface area (Å²) in [5.74, 6) is -0.603. The Hall–Kier alpha value is -2.71. The van der Waals surface area contributed by atoms with E-state index in [1.807, 2.05) is 0 Å². The number of imide groups is 1. The van der Waals surface area contributed by atoms with Crippen LogP contribution in [0.5, 0.6) is 0 Å². The van der Waals surface area contributed by atoms with Gasteiger partial charge in [0.1, 0.15) is 5.69 Å². The van der Waals surface area contributed by atoms with Crippen LogP contribution in [0.25, 0.3) is 0 Å². The van der Waals surface area contributed by atoms with Crippen LogP contribution in [-0.4, -0.2) is 63.2 Å². The van der Waals surface area contributed by atoms with Gasteiger partial charge >= 0.3 is 6.09 Å². The molecular weight excluding hydrogens is 304 g/mol. The predicted molar refractivity (Wildman–Crippen MR) is 76.6 cm³/mol. The molecule has 0 bridgehead atoms. The minimum atomic E-state index is -0.612. The number of cyclic esters (lactones) is 1. The summed E-state index contributed by atoms with van der Waals surface area (Å²) < 4.78 is 5.82. The number of rotatable bonds is 2. The summed E-state index contributed by atoms with van der Waals surface area (Å²) in [7, 11) is 1.48. The molecule has 2 aliphatic rings. The van der Waals surface area contributed by atoms with E-state index in [1.165, 1.54) is 19.2 Å². The minimum absolute atomic E-state index is 0.196. The van der Waals surface area contributed by atoms with Crippen LogP contribution in [0.3, 0.4) is 0 Å². The van der Waals surface area contributed by atoms with E-state index < -0.39 is 6.09 Å². The van der Waals surface area contributed by atoms with Crippen LogP contribution in [0, 0.1) is 0 Å². The average Bonchev–Trinajstić information content (AvgIpc) is 2.88. The number of amides is 3. The first-order valence-electron chi connectivity index (χ1n) is 7.30. The second-order valence-electron chi connectivity index (χ2n) is 5.52. The van der Waals surface area contributed by atoms with Crippen molar-refractivity contribution in [3.05, 3.63) is 28.2 Å². The number of ether oxygens (including phenoxy) is 1. The number of nitrogens with zero attached hydrogens (tertiary/aromatic N) is 4. The number of hydrogen-bond donors (Lipinski definition) is 0. The number of likely N-dealkylation sites (tertiary alicyclic amines) is 1. The van der Waals surface area contributed by atoms with Crippen LogP contribution in [0.2, 0.25) is 0 Å². The van der Waals surface area contributed by atoms with E-state index in [0.29, 0.717) is 25.9 Å². The van der Waals surface area contributed by atoms with Crippen molar-refractivity contribution in [3.8, 4) is 0 Å². The maximum Gasteiger partial charge on any atom is 0.417 e. The Bertz CT molecular complexity index is 704. The van der Waals surface area contributed by atoms with Gasteiger partial charge in [0.25, 0.3) is 17.4 Å². The summed E-state index contributed by atoms with van der Waals surface area (Å²) in [6.45, 7) is 0.607. The fourth-order valence-corrected chi connectivity index (χ4v) is 2.82. The van der Waals surface area contributed by atoms with E-state index >= 15 is 0 Å².